The molecule has 0 amide bonds. The molecule has 0 fully saturated rings. The Labute approximate surface area is 69.3 Å². The van der Waals surface area contributed by atoms with Gasteiger partial charge in [0, 0.05) is 18.2 Å². The van der Waals surface area contributed by atoms with E-state index in [0.717, 1.165) is 5.69 Å². The molecule has 4 heteroatoms. The molecule has 3 nitrogen and oxygen atoms in total. The molecule has 11 heavy (non-hydrogen) atoms. The molecule has 0 aliphatic heterocycles. The van der Waals surface area contributed by atoms with Gasteiger partial charge in [-0.05, 0) is 0 Å². The summed E-state index contributed by atoms with van der Waals surface area (Å²) in [6.45, 7) is 1.85. The third kappa shape index (κ3) is 2.31. The number of nitrogens with zero attached hydrogens (tertiary/aromatic N) is 1. The summed E-state index contributed by atoms with van der Waals surface area (Å²) in [6.07, 6.45) is 0.988. The van der Waals surface area contributed by atoms with Crippen molar-refractivity contribution in [3.8, 4) is 0 Å². The van der Waals surface area contributed by atoms with E-state index in [0.29, 0.717) is 18.0 Å². The van der Waals surface area contributed by atoms with Crippen molar-refractivity contribution in [1.29, 1.82) is 0 Å². The predicted molar refractivity (Wildman–Crippen MR) is 45.5 cm³/mol. The molecule has 0 spiro atoms. The van der Waals surface area contributed by atoms with Crippen molar-refractivity contribution in [1.82, 2.24) is 4.98 Å². The average Bonchev–Trinajstić information content (AvgIpc) is 2.35. The van der Waals surface area contributed by atoms with Gasteiger partial charge in [-0.3, -0.25) is 4.79 Å². The molecular formula is C7H10N2OS. The molecule has 0 aliphatic rings. The zero-order valence-electron chi connectivity index (χ0n) is 6.33. The van der Waals surface area contributed by atoms with Crippen LogP contribution < -0.4 is 5.73 Å². The highest BCUT2D eigenvalue weighted by atomic mass is 32.1. The van der Waals surface area contributed by atoms with Crippen molar-refractivity contribution in [2.75, 3.05) is 5.73 Å². The second kappa shape index (κ2) is 3.48. The number of carbonyl (C=O) groups excluding carboxylic acids is 1. The minimum absolute atomic E-state index is 0.204. The molecule has 0 bridgehead atoms. The molecule has 1 heterocycles. The number of nitrogen functional groups attached to an aromatic ring is 1. The molecule has 0 unspecified atom stereocenters. The van der Waals surface area contributed by atoms with Crippen molar-refractivity contribution < 1.29 is 4.79 Å². The SMILES string of the molecule is CCC(=O)Cc1csc(N)n1. The lowest BCUT2D eigenvalue weighted by Gasteiger charge is -1.90. The van der Waals surface area contributed by atoms with Crippen LogP contribution in [-0.4, -0.2) is 10.8 Å². The maximum Gasteiger partial charge on any atom is 0.180 e. The van der Waals surface area contributed by atoms with Gasteiger partial charge in [-0.2, -0.15) is 0 Å². The third-order valence-electron chi connectivity index (χ3n) is 1.34. The van der Waals surface area contributed by atoms with Crippen LogP contribution in [0.4, 0.5) is 5.13 Å². The van der Waals surface area contributed by atoms with E-state index in [9.17, 15) is 4.79 Å². The molecule has 0 saturated carbocycles. The van der Waals surface area contributed by atoms with Crippen molar-refractivity contribution in [3.05, 3.63) is 11.1 Å². The first-order valence-corrected chi connectivity index (χ1v) is 4.32. The summed E-state index contributed by atoms with van der Waals surface area (Å²) in [4.78, 5) is 14.9. The van der Waals surface area contributed by atoms with Gasteiger partial charge in [0.1, 0.15) is 5.78 Å². The molecule has 0 aromatic carbocycles. The van der Waals surface area contributed by atoms with Crippen LogP contribution in [0.2, 0.25) is 0 Å². The molecule has 0 radical (unpaired) electrons. The summed E-state index contributed by atoms with van der Waals surface area (Å²) in [5.41, 5.74) is 6.18. The summed E-state index contributed by atoms with van der Waals surface area (Å²) < 4.78 is 0. The standard InChI is InChI=1S/C7H10N2OS/c1-2-6(10)3-5-4-11-7(8)9-5/h4H,2-3H2,1H3,(H2,8,9). The van der Waals surface area contributed by atoms with E-state index in [-0.39, 0.29) is 5.78 Å². The first-order valence-electron chi connectivity index (χ1n) is 3.44. The van der Waals surface area contributed by atoms with Gasteiger partial charge < -0.3 is 5.73 Å². The number of Topliss-reactive ketones (excluding diaryl/α,β-unsaturated/α-hetero) is 1. The van der Waals surface area contributed by atoms with Crippen molar-refractivity contribution >= 4 is 22.3 Å². The largest absolute Gasteiger partial charge is 0.375 e. The van der Waals surface area contributed by atoms with Crippen LogP contribution in [-0.2, 0) is 11.2 Å². The van der Waals surface area contributed by atoms with Crippen LogP contribution in [0, 0.1) is 0 Å². The Morgan fingerprint density at radius 3 is 3.00 bits per heavy atom. The van der Waals surface area contributed by atoms with Gasteiger partial charge in [0.05, 0.1) is 5.69 Å². The monoisotopic (exact) mass is 170 g/mol. The Kier molecular flexibility index (Phi) is 2.59. The fourth-order valence-electron chi connectivity index (χ4n) is 0.731. The van der Waals surface area contributed by atoms with Crippen molar-refractivity contribution in [2.45, 2.75) is 19.8 Å². The number of hydrogen-bond donors (Lipinski definition) is 1. The number of carbonyl (C=O) groups is 1. The van der Waals surface area contributed by atoms with Crippen LogP contribution in [0.3, 0.4) is 0 Å². The smallest absolute Gasteiger partial charge is 0.180 e. The second-order valence-electron chi connectivity index (χ2n) is 2.25. The van der Waals surface area contributed by atoms with E-state index in [2.05, 4.69) is 4.98 Å². The lowest BCUT2D eigenvalue weighted by molar-refractivity contribution is -0.118. The minimum Gasteiger partial charge on any atom is -0.375 e. The second-order valence-corrected chi connectivity index (χ2v) is 3.14. The number of thiazole rings is 1. The van der Waals surface area contributed by atoms with E-state index in [4.69, 9.17) is 5.73 Å². The summed E-state index contributed by atoms with van der Waals surface area (Å²) in [5, 5.41) is 2.35. The number of nitrogens with two attached hydrogens (primary N) is 1. The van der Waals surface area contributed by atoms with Crippen LogP contribution in [0.1, 0.15) is 19.0 Å². The normalized spacial score (nSPS) is 9.91. The van der Waals surface area contributed by atoms with E-state index >= 15 is 0 Å². The van der Waals surface area contributed by atoms with Gasteiger partial charge in [0.15, 0.2) is 5.13 Å². The first kappa shape index (κ1) is 8.20. The van der Waals surface area contributed by atoms with Gasteiger partial charge in [-0.25, -0.2) is 4.98 Å². The predicted octanol–water partition coefficient (Wildman–Crippen LogP) is 1.25. The molecule has 60 valence electrons. The van der Waals surface area contributed by atoms with Crippen molar-refractivity contribution in [3.63, 3.8) is 0 Å². The molecular weight excluding hydrogens is 160 g/mol. The molecule has 0 aliphatic carbocycles. The van der Waals surface area contributed by atoms with Crippen molar-refractivity contribution in [2.24, 2.45) is 0 Å². The van der Waals surface area contributed by atoms with Gasteiger partial charge >= 0.3 is 0 Å². The number of aromatic nitrogens is 1. The lowest BCUT2D eigenvalue weighted by Crippen LogP contribution is -2.00. The topological polar surface area (TPSA) is 56.0 Å². The Morgan fingerprint density at radius 2 is 2.55 bits per heavy atom. The summed E-state index contributed by atoms with van der Waals surface area (Å²) >= 11 is 1.37. The van der Waals surface area contributed by atoms with Crippen LogP contribution in [0.5, 0.6) is 0 Å². The zero-order valence-corrected chi connectivity index (χ0v) is 7.15. The van der Waals surface area contributed by atoms with E-state index in [1.807, 2.05) is 12.3 Å². The lowest BCUT2D eigenvalue weighted by atomic mass is 10.2. The Bertz CT molecular complexity index is 257. The van der Waals surface area contributed by atoms with Crippen LogP contribution >= 0.6 is 11.3 Å². The van der Waals surface area contributed by atoms with Crippen LogP contribution in [0.15, 0.2) is 5.38 Å². The zero-order chi connectivity index (χ0) is 8.27. The maximum absolute atomic E-state index is 10.9. The molecule has 1 aromatic rings. The van der Waals surface area contributed by atoms with Gasteiger partial charge in [-0.15, -0.1) is 11.3 Å². The quantitative estimate of drug-likeness (QED) is 0.742. The third-order valence-corrected chi connectivity index (χ3v) is 2.06. The number of anilines is 1. The number of ketones is 1. The van der Waals surface area contributed by atoms with E-state index in [1.54, 1.807) is 0 Å². The molecule has 0 atom stereocenters. The minimum atomic E-state index is 0.204. The molecule has 2 N–H and O–H groups in total. The molecule has 1 rings (SSSR count). The fourth-order valence-corrected chi connectivity index (χ4v) is 1.29. The highest BCUT2D eigenvalue weighted by Crippen LogP contribution is 2.11. The average molecular weight is 170 g/mol. The highest BCUT2D eigenvalue weighted by molar-refractivity contribution is 7.13. The highest BCUT2D eigenvalue weighted by Gasteiger charge is 2.03. The van der Waals surface area contributed by atoms with Gasteiger partial charge in [0.2, 0.25) is 0 Å². The number of hydrogen-bond acceptors (Lipinski definition) is 4. The van der Waals surface area contributed by atoms with E-state index in [1.165, 1.54) is 11.3 Å². The first-order chi connectivity index (χ1) is 5.22. The summed E-state index contributed by atoms with van der Waals surface area (Å²) in [7, 11) is 0. The molecule has 1 aromatic heterocycles. The van der Waals surface area contributed by atoms with Gasteiger partial charge in [0.25, 0.3) is 0 Å². The fraction of sp³-hybridized carbons (Fsp3) is 0.429. The Morgan fingerprint density at radius 1 is 1.82 bits per heavy atom. The van der Waals surface area contributed by atoms with Gasteiger partial charge in [-0.1, -0.05) is 6.92 Å². The number of rotatable bonds is 3. The Balaban J connectivity index is 2.57. The summed E-state index contributed by atoms with van der Waals surface area (Å²) in [5.74, 6) is 0.204. The van der Waals surface area contributed by atoms with Crippen LogP contribution in [0.25, 0.3) is 0 Å². The maximum atomic E-state index is 10.9. The summed E-state index contributed by atoms with van der Waals surface area (Å²) in [6, 6.07) is 0. The molecule has 0 saturated heterocycles. The Hall–Kier alpha value is -0.900. The van der Waals surface area contributed by atoms with E-state index < -0.39 is 0 Å².